The van der Waals surface area contributed by atoms with E-state index >= 15 is 0 Å². The maximum atomic E-state index is 10.8. The second-order valence-electron chi connectivity index (χ2n) is 6.66. The second-order valence-corrected chi connectivity index (χ2v) is 6.66. The minimum atomic E-state index is -0.317. The summed E-state index contributed by atoms with van der Waals surface area (Å²) in [6.07, 6.45) is 4.92. The fourth-order valence-corrected chi connectivity index (χ4v) is 3.91. The van der Waals surface area contributed by atoms with Crippen molar-refractivity contribution in [2.75, 3.05) is 13.1 Å². The highest BCUT2D eigenvalue weighted by Crippen LogP contribution is 2.40. The quantitative estimate of drug-likeness (QED) is 0.904. The number of hydrogen-bond donors (Lipinski definition) is 1. The maximum absolute atomic E-state index is 10.8. The molecule has 0 radical (unpaired) electrons. The zero-order valence-corrected chi connectivity index (χ0v) is 12.8. The molecule has 3 rings (SSSR count). The Morgan fingerprint density at radius 3 is 2.50 bits per heavy atom. The molecule has 0 saturated heterocycles. The Morgan fingerprint density at radius 2 is 1.90 bits per heavy atom. The van der Waals surface area contributed by atoms with Crippen molar-refractivity contribution in [1.82, 2.24) is 4.90 Å². The highest BCUT2D eigenvalue weighted by molar-refractivity contribution is 5.35. The minimum Gasteiger partial charge on any atom is -0.387 e. The summed E-state index contributed by atoms with van der Waals surface area (Å²) in [4.78, 5) is 2.53. The van der Waals surface area contributed by atoms with Gasteiger partial charge in [-0.15, -0.1) is 0 Å². The van der Waals surface area contributed by atoms with Crippen LogP contribution in [0.3, 0.4) is 0 Å². The Bertz CT molecular complexity index is 454. The summed E-state index contributed by atoms with van der Waals surface area (Å²) in [5.41, 5.74) is 2.50. The predicted molar refractivity (Wildman–Crippen MR) is 82.8 cm³/mol. The molecule has 1 saturated carbocycles. The molecule has 110 valence electrons. The van der Waals surface area contributed by atoms with Gasteiger partial charge in [-0.3, -0.25) is 4.90 Å². The van der Waals surface area contributed by atoms with Crippen molar-refractivity contribution in [1.29, 1.82) is 0 Å². The fourth-order valence-electron chi connectivity index (χ4n) is 3.91. The van der Waals surface area contributed by atoms with E-state index in [0.717, 1.165) is 24.4 Å². The molecular formula is C18H27NO. The zero-order chi connectivity index (χ0) is 14.1. The molecule has 2 aliphatic rings. The van der Waals surface area contributed by atoms with Crippen molar-refractivity contribution in [3.63, 3.8) is 0 Å². The first-order chi connectivity index (χ1) is 9.70. The van der Waals surface area contributed by atoms with E-state index in [0.29, 0.717) is 12.0 Å². The van der Waals surface area contributed by atoms with Gasteiger partial charge in [0.1, 0.15) is 0 Å². The Hall–Kier alpha value is -0.860. The lowest BCUT2D eigenvalue weighted by atomic mass is 9.77. The molecule has 1 aromatic rings. The van der Waals surface area contributed by atoms with Gasteiger partial charge >= 0.3 is 0 Å². The van der Waals surface area contributed by atoms with Gasteiger partial charge in [-0.05, 0) is 48.8 Å². The number of hydrogen-bond acceptors (Lipinski definition) is 2. The lowest BCUT2D eigenvalue weighted by Gasteiger charge is -2.43. The van der Waals surface area contributed by atoms with Gasteiger partial charge < -0.3 is 5.11 Å². The van der Waals surface area contributed by atoms with Gasteiger partial charge in [-0.1, -0.05) is 44.5 Å². The van der Waals surface area contributed by atoms with Crippen LogP contribution in [0.2, 0.25) is 0 Å². The zero-order valence-electron chi connectivity index (χ0n) is 12.8. The Kier molecular flexibility index (Phi) is 4.13. The van der Waals surface area contributed by atoms with Crippen LogP contribution in [-0.2, 0) is 0 Å². The molecule has 0 spiro atoms. The Balaban J connectivity index is 1.79. The molecular weight excluding hydrogens is 246 g/mol. The van der Waals surface area contributed by atoms with Gasteiger partial charge in [0.05, 0.1) is 6.10 Å². The molecule has 0 aliphatic heterocycles. The van der Waals surface area contributed by atoms with Crippen LogP contribution in [0.25, 0.3) is 0 Å². The molecule has 0 aromatic heterocycles. The van der Waals surface area contributed by atoms with Crippen LogP contribution in [0.4, 0.5) is 0 Å². The average molecular weight is 273 g/mol. The number of likely N-dealkylation sites (N-methyl/N-ethyl adjacent to an activating group) is 1. The van der Waals surface area contributed by atoms with Crippen molar-refractivity contribution in [2.24, 2.45) is 5.92 Å². The van der Waals surface area contributed by atoms with Crippen molar-refractivity contribution in [3.8, 4) is 0 Å². The van der Waals surface area contributed by atoms with E-state index in [-0.39, 0.29) is 6.10 Å². The molecule has 2 aliphatic carbocycles. The first kappa shape index (κ1) is 14.1. The van der Waals surface area contributed by atoms with Crippen molar-refractivity contribution in [2.45, 2.75) is 57.6 Å². The molecule has 0 bridgehead atoms. The second kappa shape index (κ2) is 5.87. The summed E-state index contributed by atoms with van der Waals surface area (Å²) >= 11 is 0. The van der Waals surface area contributed by atoms with E-state index in [1.54, 1.807) is 0 Å². The van der Waals surface area contributed by atoms with Gasteiger partial charge in [0.25, 0.3) is 0 Å². The first-order valence-electron chi connectivity index (χ1n) is 8.21. The topological polar surface area (TPSA) is 23.5 Å². The van der Waals surface area contributed by atoms with Crippen LogP contribution in [0.1, 0.15) is 62.7 Å². The van der Waals surface area contributed by atoms with Crippen LogP contribution >= 0.6 is 0 Å². The molecule has 3 unspecified atom stereocenters. The molecule has 3 atom stereocenters. The molecule has 0 amide bonds. The molecule has 2 nitrogen and oxygen atoms in total. The summed E-state index contributed by atoms with van der Waals surface area (Å²) in [5, 5.41) is 10.8. The highest BCUT2D eigenvalue weighted by Gasteiger charge is 2.36. The maximum Gasteiger partial charge on any atom is 0.0948 e. The smallest absolute Gasteiger partial charge is 0.0948 e. The van der Waals surface area contributed by atoms with Crippen LogP contribution in [-0.4, -0.2) is 29.1 Å². The third-order valence-electron chi connectivity index (χ3n) is 5.40. The Labute approximate surface area is 122 Å². The number of aliphatic hydroxyl groups is 1. The largest absolute Gasteiger partial charge is 0.387 e. The number of rotatable bonds is 4. The van der Waals surface area contributed by atoms with E-state index in [1.807, 2.05) is 0 Å². The molecule has 1 aromatic carbocycles. The number of aliphatic hydroxyl groups excluding tert-OH is 1. The van der Waals surface area contributed by atoms with Crippen molar-refractivity contribution >= 4 is 0 Å². The van der Waals surface area contributed by atoms with Gasteiger partial charge in [0, 0.05) is 12.6 Å². The van der Waals surface area contributed by atoms with Crippen LogP contribution in [0.15, 0.2) is 24.3 Å². The molecule has 1 fully saturated rings. The number of nitrogens with zero attached hydrogens (tertiary/aromatic N) is 1. The standard InChI is InChI=1S/C18H27NO/c1-3-19(12-14-7-6-8-14)17-11-13(2)15-9-4-5-10-16(15)18(17)20/h4-5,9-10,13-14,17-18,20H,3,6-8,11-12H2,1-2H3. The van der Waals surface area contributed by atoms with Gasteiger partial charge in [-0.2, -0.15) is 0 Å². The summed E-state index contributed by atoms with van der Waals surface area (Å²) < 4.78 is 0. The fraction of sp³-hybridized carbons (Fsp3) is 0.667. The summed E-state index contributed by atoms with van der Waals surface area (Å²) in [5.74, 6) is 1.42. The van der Waals surface area contributed by atoms with E-state index < -0.39 is 0 Å². The van der Waals surface area contributed by atoms with Gasteiger partial charge in [0.2, 0.25) is 0 Å². The SMILES string of the molecule is CCN(CC1CCC1)C1CC(C)c2ccccc2C1O. The van der Waals surface area contributed by atoms with Crippen LogP contribution in [0, 0.1) is 5.92 Å². The summed E-state index contributed by atoms with van der Waals surface area (Å²) in [6.45, 7) is 6.76. The number of fused-ring (bicyclic) bond motifs is 1. The molecule has 20 heavy (non-hydrogen) atoms. The summed E-state index contributed by atoms with van der Waals surface area (Å²) in [7, 11) is 0. The van der Waals surface area contributed by atoms with Crippen molar-refractivity contribution in [3.05, 3.63) is 35.4 Å². The van der Waals surface area contributed by atoms with E-state index in [1.165, 1.54) is 31.4 Å². The van der Waals surface area contributed by atoms with E-state index in [9.17, 15) is 5.11 Å². The number of benzene rings is 1. The van der Waals surface area contributed by atoms with Crippen LogP contribution < -0.4 is 0 Å². The minimum absolute atomic E-state index is 0.297. The third-order valence-corrected chi connectivity index (χ3v) is 5.40. The molecule has 1 N–H and O–H groups in total. The molecule has 2 heteroatoms. The lowest BCUT2D eigenvalue weighted by Crippen LogP contribution is -2.46. The average Bonchev–Trinajstić information content (AvgIpc) is 2.43. The summed E-state index contributed by atoms with van der Waals surface area (Å²) in [6, 6.07) is 8.74. The first-order valence-corrected chi connectivity index (χ1v) is 8.21. The van der Waals surface area contributed by atoms with Crippen LogP contribution in [0.5, 0.6) is 0 Å². The molecule has 0 heterocycles. The van der Waals surface area contributed by atoms with E-state index in [4.69, 9.17) is 0 Å². The van der Waals surface area contributed by atoms with E-state index in [2.05, 4.69) is 43.0 Å². The van der Waals surface area contributed by atoms with Gasteiger partial charge in [0.15, 0.2) is 0 Å². The van der Waals surface area contributed by atoms with Gasteiger partial charge in [-0.25, -0.2) is 0 Å². The third kappa shape index (κ3) is 2.51. The normalized spacial score (nSPS) is 30.1. The highest BCUT2D eigenvalue weighted by atomic mass is 16.3. The monoisotopic (exact) mass is 273 g/mol. The lowest BCUT2D eigenvalue weighted by molar-refractivity contribution is 0.0185. The predicted octanol–water partition coefficient (Wildman–Crippen LogP) is 3.72. The Morgan fingerprint density at radius 1 is 1.20 bits per heavy atom. The van der Waals surface area contributed by atoms with Crippen molar-refractivity contribution < 1.29 is 5.11 Å².